The van der Waals surface area contributed by atoms with Crippen LogP contribution in [0.25, 0.3) is 0 Å². The predicted molar refractivity (Wildman–Crippen MR) is 145 cm³/mol. The molecule has 2 N–H and O–H groups in total. The zero-order valence-corrected chi connectivity index (χ0v) is 24.8. The van der Waals surface area contributed by atoms with Gasteiger partial charge in [0.2, 0.25) is 0 Å². The molecule has 40 heavy (non-hydrogen) atoms. The molecule has 2 amide bonds. The lowest BCUT2D eigenvalue weighted by atomic mass is 9.94. The lowest BCUT2D eigenvalue weighted by Gasteiger charge is -2.29. The second-order valence-corrected chi connectivity index (χ2v) is 12.3. The van der Waals surface area contributed by atoms with Gasteiger partial charge in [-0.05, 0) is 97.5 Å². The number of carbonyl (C=O) groups excluding carboxylic acids is 4. The first-order chi connectivity index (χ1) is 18.2. The van der Waals surface area contributed by atoms with Crippen LogP contribution in [0.3, 0.4) is 0 Å². The summed E-state index contributed by atoms with van der Waals surface area (Å²) in [5.74, 6) is -3.00. The van der Waals surface area contributed by atoms with Gasteiger partial charge in [-0.1, -0.05) is 0 Å². The summed E-state index contributed by atoms with van der Waals surface area (Å²) in [6.45, 7) is 15.4. The fourth-order valence-electron chi connectivity index (χ4n) is 3.32. The van der Waals surface area contributed by atoms with Gasteiger partial charge in [0.05, 0.1) is 11.5 Å². The van der Waals surface area contributed by atoms with Gasteiger partial charge in [-0.3, -0.25) is 9.59 Å². The highest BCUT2D eigenvalue weighted by atomic mass is 16.6. The number of amides is 2. The van der Waals surface area contributed by atoms with Gasteiger partial charge >= 0.3 is 23.8 Å². The fourth-order valence-corrected chi connectivity index (χ4v) is 3.32. The van der Waals surface area contributed by atoms with E-state index < -0.39 is 57.6 Å². The van der Waals surface area contributed by atoms with Crippen molar-refractivity contribution >= 4 is 29.8 Å². The molecule has 1 aromatic rings. The molecule has 1 aromatic heterocycles. The Labute approximate surface area is 234 Å². The van der Waals surface area contributed by atoms with Crippen LogP contribution in [0.4, 0.5) is 10.6 Å². The number of hydrogen-bond acceptors (Lipinski definition) is 10. The first-order valence-corrected chi connectivity index (χ1v) is 13.0. The first-order valence-electron chi connectivity index (χ1n) is 13.0. The molecule has 13 heteroatoms. The van der Waals surface area contributed by atoms with Gasteiger partial charge < -0.3 is 35.0 Å². The number of esters is 2. The molecule has 0 saturated heterocycles. The molecule has 0 spiro atoms. The van der Waals surface area contributed by atoms with Crippen LogP contribution in [-0.4, -0.2) is 63.2 Å². The van der Waals surface area contributed by atoms with Crippen LogP contribution in [0.15, 0.2) is 18.3 Å². The molecule has 224 valence electrons. The summed E-state index contributed by atoms with van der Waals surface area (Å²) in [5.41, 5.74) is -2.32. The van der Waals surface area contributed by atoms with Gasteiger partial charge in [0.1, 0.15) is 22.8 Å². The number of ether oxygens (including phenoxy) is 3. The van der Waals surface area contributed by atoms with E-state index in [4.69, 9.17) is 14.2 Å². The van der Waals surface area contributed by atoms with Crippen molar-refractivity contribution in [3.63, 3.8) is 0 Å². The zero-order valence-electron chi connectivity index (χ0n) is 24.8. The maximum Gasteiger partial charge on any atom is 0.408 e. The normalized spacial score (nSPS) is 13.4. The summed E-state index contributed by atoms with van der Waals surface area (Å²) in [7, 11) is 0. The highest BCUT2D eigenvalue weighted by molar-refractivity contribution is 5.93. The van der Waals surface area contributed by atoms with E-state index in [0.29, 0.717) is 6.42 Å². The third kappa shape index (κ3) is 13.9. The Morgan fingerprint density at radius 3 is 1.93 bits per heavy atom. The monoisotopic (exact) mass is 566 g/mol. The lowest BCUT2D eigenvalue weighted by Crippen LogP contribution is -2.47. The topological polar surface area (TPSA) is 176 Å². The van der Waals surface area contributed by atoms with E-state index in [1.807, 2.05) is 0 Å². The molecule has 0 aromatic carbocycles. The van der Waals surface area contributed by atoms with E-state index in [1.165, 1.54) is 6.07 Å². The van der Waals surface area contributed by atoms with Crippen molar-refractivity contribution in [3.8, 4) is 0 Å². The number of rotatable bonds is 11. The number of nitrogens with zero attached hydrogens (tertiary/aromatic N) is 2. The van der Waals surface area contributed by atoms with E-state index >= 15 is 0 Å². The van der Waals surface area contributed by atoms with Crippen molar-refractivity contribution in [1.29, 1.82) is 0 Å². The average Bonchev–Trinajstić information content (AvgIpc) is 2.76. The number of carbonyl (C=O) groups is 4. The number of nitro groups is 1. The number of hydrogen-bond donors (Lipinski definition) is 2. The predicted octanol–water partition coefficient (Wildman–Crippen LogP) is 4.08. The van der Waals surface area contributed by atoms with Crippen molar-refractivity contribution in [1.82, 2.24) is 15.6 Å². The second-order valence-electron chi connectivity index (χ2n) is 12.3. The minimum absolute atomic E-state index is 0.122. The van der Waals surface area contributed by atoms with Crippen molar-refractivity contribution in [2.75, 3.05) is 6.54 Å². The largest absolute Gasteiger partial charge is 0.460 e. The fraction of sp³-hybridized carbons (Fsp3) is 0.667. The Hall–Kier alpha value is -3.77. The van der Waals surface area contributed by atoms with Gasteiger partial charge in [0.25, 0.3) is 5.91 Å². The molecule has 0 unspecified atom stereocenters. The first kappa shape index (κ1) is 34.3. The third-order valence-electron chi connectivity index (χ3n) is 4.85. The molecule has 1 heterocycles. The molecule has 0 aliphatic rings. The number of alkyl carbamates (subject to hydrolysis) is 1. The van der Waals surface area contributed by atoms with Crippen LogP contribution in [0, 0.1) is 16.0 Å². The summed E-state index contributed by atoms with van der Waals surface area (Å²) in [6, 6.07) is 1.21. The average molecular weight is 567 g/mol. The Balaban J connectivity index is 3.00. The van der Waals surface area contributed by atoms with Crippen LogP contribution in [0.5, 0.6) is 0 Å². The number of aromatic nitrogens is 1. The Morgan fingerprint density at radius 2 is 1.45 bits per heavy atom. The van der Waals surface area contributed by atoms with Crippen molar-refractivity contribution in [2.24, 2.45) is 5.92 Å². The van der Waals surface area contributed by atoms with Gasteiger partial charge in [0.15, 0.2) is 6.20 Å². The molecule has 13 nitrogen and oxygen atoms in total. The molecule has 0 aliphatic heterocycles. The summed E-state index contributed by atoms with van der Waals surface area (Å²) in [4.78, 5) is 64.7. The summed E-state index contributed by atoms with van der Waals surface area (Å²) in [5, 5.41) is 15.9. The maximum atomic E-state index is 13.1. The van der Waals surface area contributed by atoms with Gasteiger partial charge in [-0.15, -0.1) is 0 Å². The molecular weight excluding hydrogens is 524 g/mol. The summed E-state index contributed by atoms with van der Waals surface area (Å²) >= 11 is 0. The molecule has 0 aliphatic carbocycles. The standard InChI is InChI=1S/C27H42N4O9/c1-25(2,3)38-22(33)17(11-10-14-28-21(32)18-12-13-20(29-16-18)31(36)37)15-19(23(34)39-26(4,5)6)30-24(35)40-27(7,8)9/h12-13,16-17,19H,10-11,14-15H2,1-9H3,(H,28,32)(H,30,35)/t17-,19-/m0/s1. The van der Waals surface area contributed by atoms with Crippen LogP contribution < -0.4 is 10.6 Å². The Bertz CT molecular complexity index is 1050. The molecular formula is C27H42N4O9. The minimum atomic E-state index is -1.20. The molecule has 1 rings (SSSR count). The quantitative estimate of drug-likeness (QED) is 0.130. The molecule has 0 saturated carbocycles. The van der Waals surface area contributed by atoms with E-state index in [0.717, 1.165) is 12.3 Å². The zero-order chi connectivity index (χ0) is 30.9. The summed E-state index contributed by atoms with van der Waals surface area (Å²) in [6.07, 6.45) is 0.677. The van der Waals surface area contributed by atoms with E-state index in [9.17, 15) is 29.3 Å². The Kier molecular flexibility index (Phi) is 12.0. The van der Waals surface area contributed by atoms with Crippen molar-refractivity contribution in [2.45, 2.75) is 104 Å². The highest BCUT2D eigenvalue weighted by Gasteiger charge is 2.34. The van der Waals surface area contributed by atoms with Crippen LogP contribution >= 0.6 is 0 Å². The smallest absolute Gasteiger partial charge is 0.408 e. The lowest BCUT2D eigenvalue weighted by molar-refractivity contribution is -0.389. The molecule has 0 fully saturated rings. The SMILES string of the molecule is CC(C)(C)OC(=O)N[C@@H](C[C@H](CCCNC(=O)c1ccc([N+](=O)[O-])nc1)C(=O)OC(C)(C)C)C(=O)OC(C)(C)C. The van der Waals surface area contributed by atoms with Crippen LogP contribution in [0.2, 0.25) is 0 Å². The van der Waals surface area contributed by atoms with E-state index in [1.54, 1.807) is 62.3 Å². The van der Waals surface area contributed by atoms with Crippen molar-refractivity contribution < 1.29 is 38.3 Å². The molecule has 2 atom stereocenters. The van der Waals surface area contributed by atoms with Crippen LogP contribution in [0.1, 0.15) is 91.9 Å². The third-order valence-corrected chi connectivity index (χ3v) is 4.85. The number of pyridine rings is 1. The van der Waals surface area contributed by atoms with Crippen molar-refractivity contribution in [3.05, 3.63) is 34.0 Å². The summed E-state index contributed by atoms with van der Waals surface area (Å²) < 4.78 is 16.3. The highest BCUT2D eigenvalue weighted by Crippen LogP contribution is 2.22. The second kappa shape index (κ2) is 14.0. The maximum absolute atomic E-state index is 13.1. The van der Waals surface area contributed by atoms with Crippen LogP contribution in [-0.2, 0) is 23.8 Å². The molecule has 0 radical (unpaired) electrons. The molecule has 0 bridgehead atoms. The van der Waals surface area contributed by atoms with Gasteiger partial charge in [-0.25, -0.2) is 9.59 Å². The van der Waals surface area contributed by atoms with Gasteiger partial charge in [0, 0.05) is 12.6 Å². The van der Waals surface area contributed by atoms with E-state index in [2.05, 4.69) is 15.6 Å². The van der Waals surface area contributed by atoms with Gasteiger partial charge in [-0.2, -0.15) is 0 Å². The van der Waals surface area contributed by atoms with E-state index in [-0.39, 0.29) is 30.8 Å². The number of nitrogens with one attached hydrogen (secondary N) is 2. The minimum Gasteiger partial charge on any atom is -0.460 e. The Morgan fingerprint density at radius 1 is 0.900 bits per heavy atom.